The average molecular weight is 203 g/mol. The van der Waals surface area contributed by atoms with Crippen molar-refractivity contribution < 1.29 is 0 Å². The highest BCUT2D eigenvalue weighted by atomic mass is 16.1. The number of hydrogen-bond donors (Lipinski definition) is 0. The molecule has 0 fully saturated rings. The van der Waals surface area contributed by atoms with Gasteiger partial charge in [-0.3, -0.25) is 9.36 Å². The monoisotopic (exact) mass is 203 g/mol. The van der Waals surface area contributed by atoms with Crippen molar-refractivity contribution in [2.24, 2.45) is 0 Å². The molecule has 2 heterocycles. The van der Waals surface area contributed by atoms with Gasteiger partial charge in [0.2, 0.25) is 0 Å². The van der Waals surface area contributed by atoms with Crippen molar-refractivity contribution >= 4 is 11.0 Å². The van der Waals surface area contributed by atoms with E-state index in [0.717, 1.165) is 5.39 Å². The van der Waals surface area contributed by atoms with E-state index < -0.39 is 0 Å². The molecule has 0 aliphatic heterocycles. The van der Waals surface area contributed by atoms with Crippen LogP contribution in [0.25, 0.3) is 11.0 Å². The second kappa shape index (κ2) is 3.46. The molecule has 0 saturated heterocycles. The number of pyridine rings is 1. The van der Waals surface area contributed by atoms with E-state index >= 15 is 0 Å². The Bertz CT molecular complexity index is 557. The molecule has 0 N–H and O–H groups in total. The molecule has 0 amide bonds. The Morgan fingerprint density at radius 3 is 2.73 bits per heavy atom. The summed E-state index contributed by atoms with van der Waals surface area (Å²) >= 11 is 0. The van der Waals surface area contributed by atoms with Crippen LogP contribution in [0.3, 0.4) is 0 Å². The standard InChI is InChI=1S/C11H13N3O/c1-7(2)14-10(15)5-4-9-6-12-8(3)13-11(9)14/h4-7H,1-3H3. The van der Waals surface area contributed by atoms with Crippen LogP contribution in [-0.4, -0.2) is 14.5 Å². The Morgan fingerprint density at radius 2 is 2.07 bits per heavy atom. The van der Waals surface area contributed by atoms with E-state index in [4.69, 9.17) is 0 Å². The second-order valence-corrected chi connectivity index (χ2v) is 3.83. The molecule has 0 aliphatic carbocycles. The van der Waals surface area contributed by atoms with Gasteiger partial charge in [0, 0.05) is 23.7 Å². The summed E-state index contributed by atoms with van der Waals surface area (Å²) in [5.74, 6) is 0.683. The van der Waals surface area contributed by atoms with Gasteiger partial charge in [0.15, 0.2) is 0 Å². The quantitative estimate of drug-likeness (QED) is 0.708. The van der Waals surface area contributed by atoms with Gasteiger partial charge in [0.05, 0.1) is 0 Å². The number of aryl methyl sites for hydroxylation is 1. The molecule has 4 heteroatoms. The van der Waals surface area contributed by atoms with Crippen molar-refractivity contribution in [2.75, 3.05) is 0 Å². The Balaban J connectivity index is 2.91. The van der Waals surface area contributed by atoms with E-state index in [1.807, 2.05) is 20.8 Å². The molecule has 0 aliphatic rings. The normalized spacial score (nSPS) is 11.2. The SMILES string of the molecule is Cc1ncc2ccc(=O)n(C(C)C)c2n1. The lowest BCUT2D eigenvalue weighted by Gasteiger charge is -2.12. The number of fused-ring (bicyclic) bond motifs is 1. The Kier molecular flexibility index (Phi) is 2.26. The predicted molar refractivity (Wildman–Crippen MR) is 58.9 cm³/mol. The summed E-state index contributed by atoms with van der Waals surface area (Å²) in [5.41, 5.74) is 0.695. The first-order valence-electron chi connectivity index (χ1n) is 4.94. The lowest BCUT2D eigenvalue weighted by molar-refractivity contribution is 0.594. The van der Waals surface area contributed by atoms with E-state index in [2.05, 4.69) is 9.97 Å². The summed E-state index contributed by atoms with van der Waals surface area (Å²) in [4.78, 5) is 20.1. The van der Waals surface area contributed by atoms with E-state index in [1.165, 1.54) is 0 Å². The smallest absolute Gasteiger partial charge is 0.252 e. The predicted octanol–water partition coefficient (Wildman–Crippen LogP) is 1.68. The van der Waals surface area contributed by atoms with Crippen LogP contribution in [-0.2, 0) is 0 Å². The average Bonchev–Trinajstić information content (AvgIpc) is 2.16. The minimum absolute atomic E-state index is 0.0180. The minimum atomic E-state index is -0.0180. The summed E-state index contributed by atoms with van der Waals surface area (Å²) in [6, 6.07) is 3.42. The van der Waals surface area contributed by atoms with Gasteiger partial charge >= 0.3 is 0 Å². The molecule has 15 heavy (non-hydrogen) atoms. The molecule has 0 spiro atoms. The molecular formula is C11H13N3O. The lowest BCUT2D eigenvalue weighted by Crippen LogP contribution is -2.22. The molecule has 0 radical (unpaired) electrons. The molecule has 2 rings (SSSR count). The first-order chi connectivity index (χ1) is 7.09. The van der Waals surface area contributed by atoms with Gasteiger partial charge in [-0.2, -0.15) is 0 Å². The highest BCUT2D eigenvalue weighted by molar-refractivity contribution is 5.73. The molecule has 0 unspecified atom stereocenters. The maximum Gasteiger partial charge on any atom is 0.252 e. The van der Waals surface area contributed by atoms with Crippen LogP contribution >= 0.6 is 0 Å². The largest absolute Gasteiger partial charge is 0.290 e. The summed E-state index contributed by atoms with van der Waals surface area (Å²) in [6.45, 7) is 5.76. The van der Waals surface area contributed by atoms with Gasteiger partial charge in [-0.25, -0.2) is 9.97 Å². The summed E-state index contributed by atoms with van der Waals surface area (Å²) in [5, 5.41) is 0.897. The summed E-state index contributed by atoms with van der Waals surface area (Å²) in [7, 11) is 0. The number of rotatable bonds is 1. The van der Waals surface area contributed by atoms with Gasteiger partial charge in [0.1, 0.15) is 11.5 Å². The van der Waals surface area contributed by atoms with Crippen molar-refractivity contribution in [3.63, 3.8) is 0 Å². The minimum Gasteiger partial charge on any atom is -0.290 e. The van der Waals surface area contributed by atoms with E-state index in [9.17, 15) is 4.79 Å². The maximum atomic E-state index is 11.7. The first kappa shape index (κ1) is 9.83. The van der Waals surface area contributed by atoms with Crippen molar-refractivity contribution in [3.8, 4) is 0 Å². The molecule has 2 aromatic heterocycles. The zero-order chi connectivity index (χ0) is 11.0. The van der Waals surface area contributed by atoms with Crippen LogP contribution in [0.4, 0.5) is 0 Å². The topological polar surface area (TPSA) is 47.8 Å². The highest BCUT2D eigenvalue weighted by Gasteiger charge is 2.07. The molecular weight excluding hydrogens is 190 g/mol. The Hall–Kier alpha value is -1.71. The fraction of sp³-hybridized carbons (Fsp3) is 0.364. The van der Waals surface area contributed by atoms with Crippen LogP contribution in [0.1, 0.15) is 25.7 Å². The maximum absolute atomic E-state index is 11.7. The van der Waals surface area contributed by atoms with Gasteiger partial charge in [-0.15, -0.1) is 0 Å². The molecule has 2 aromatic rings. The molecule has 0 saturated carbocycles. The van der Waals surface area contributed by atoms with Gasteiger partial charge in [-0.1, -0.05) is 0 Å². The van der Waals surface area contributed by atoms with Crippen LogP contribution < -0.4 is 5.56 Å². The van der Waals surface area contributed by atoms with Crippen LogP contribution in [0.2, 0.25) is 0 Å². The van der Waals surface area contributed by atoms with Crippen LogP contribution in [0.5, 0.6) is 0 Å². The third kappa shape index (κ3) is 1.63. The first-order valence-corrected chi connectivity index (χ1v) is 4.94. The van der Waals surface area contributed by atoms with Crippen molar-refractivity contribution in [1.82, 2.24) is 14.5 Å². The number of nitrogens with zero attached hydrogens (tertiary/aromatic N) is 3. The van der Waals surface area contributed by atoms with E-state index in [-0.39, 0.29) is 11.6 Å². The Labute approximate surface area is 87.6 Å². The van der Waals surface area contributed by atoms with Crippen LogP contribution in [0.15, 0.2) is 23.1 Å². The molecule has 0 atom stereocenters. The van der Waals surface area contributed by atoms with Gasteiger partial charge in [-0.05, 0) is 26.8 Å². The molecule has 78 valence electrons. The highest BCUT2D eigenvalue weighted by Crippen LogP contribution is 2.12. The van der Waals surface area contributed by atoms with Crippen molar-refractivity contribution in [3.05, 3.63) is 34.5 Å². The number of aromatic nitrogens is 3. The summed E-state index contributed by atoms with van der Waals surface area (Å²) < 4.78 is 1.68. The molecule has 0 aromatic carbocycles. The zero-order valence-corrected chi connectivity index (χ0v) is 9.06. The van der Waals surface area contributed by atoms with Crippen LogP contribution in [0, 0.1) is 6.92 Å². The third-order valence-corrected chi connectivity index (χ3v) is 2.30. The fourth-order valence-corrected chi connectivity index (χ4v) is 1.62. The molecule has 0 bridgehead atoms. The lowest BCUT2D eigenvalue weighted by atomic mass is 10.3. The van der Waals surface area contributed by atoms with Gasteiger partial charge < -0.3 is 0 Å². The van der Waals surface area contributed by atoms with Gasteiger partial charge in [0.25, 0.3) is 5.56 Å². The Morgan fingerprint density at radius 1 is 1.33 bits per heavy atom. The zero-order valence-electron chi connectivity index (χ0n) is 9.06. The third-order valence-electron chi connectivity index (χ3n) is 2.30. The number of hydrogen-bond acceptors (Lipinski definition) is 3. The molecule has 4 nitrogen and oxygen atoms in total. The van der Waals surface area contributed by atoms with Crippen molar-refractivity contribution in [1.29, 1.82) is 0 Å². The fourth-order valence-electron chi connectivity index (χ4n) is 1.62. The van der Waals surface area contributed by atoms with Crippen molar-refractivity contribution in [2.45, 2.75) is 26.8 Å². The summed E-state index contributed by atoms with van der Waals surface area (Å²) in [6.07, 6.45) is 1.75. The van der Waals surface area contributed by atoms with E-state index in [0.29, 0.717) is 11.5 Å². The second-order valence-electron chi connectivity index (χ2n) is 3.83. The van der Waals surface area contributed by atoms with E-state index in [1.54, 1.807) is 22.9 Å².